The van der Waals surface area contributed by atoms with Gasteiger partial charge in [0, 0.05) is 23.3 Å². The fourth-order valence-corrected chi connectivity index (χ4v) is 5.03. The van der Waals surface area contributed by atoms with Crippen LogP contribution < -0.4 is 10.6 Å². The molecule has 2 N–H and O–H groups in total. The third-order valence-electron chi connectivity index (χ3n) is 4.79. The maximum atomic E-state index is 4.76. The second-order valence-corrected chi connectivity index (χ2v) is 9.09. The van der Waals surface area contributed by atoms with Crippen LogP contribution in [0.2, 0.25) is 0 Å². The topological polar surface area (TPSA) is 52.6 Å². The zero-order valence-electron chi connectivity index (χ0n) is 17.0. The Morgan fingerprint density at radius 2 is 2.04 bits per heavy atom. The van der Waals surface area contributed by atoms with Gasteiger partial charge in [-0.05, 0) is 50.2 Å². The molecule has 0 spiro atoms. The first-order valence-electron chi connectivity index (χ1n) is 9.91. The number of aliphatic imine (C=N–C) groups is 1. The molecule has 1 unspecified atom stereocenters. The summed E-state index contributed by atoms with van der Waals surface area (Å²) in [6.45, 7) is 11.2. The molecule has 2 aromatic rings. The lowest BCUT2D eigenvalue weighted by molar-refractivity contribution is 0.249. The van der Waals surface area contributed by atoms with E-state index < -0.39 is 0 Å². The number of aromatic nitrogens is 1. The van der Waals surface area contributed by atoms with Crippen molar-refractivity contribution in [2.75, 3.05) is 26.2 Å². The van der Waals surface area contributed by atoms with Gasteiger partial charge in [0.05, 0.1) is 18.3 Å². The quantitative estimate of drug-likeness (QED) is 0.290. The van der Waals surface area contributed by atoms with Crippen LogP contribution in [0.5, 0.6) is 0 Å². The van der Waals surface area contributed by atoms with Crippen LogP contribution in [-0.2, 0) is 6.54 Å². The Balaban J connectivity index is 0.00000280. The first kappa shape index (κ1) is 23.6. The molecule has 0 saturated carbocycles. The molecule has 8 heteroatoms. The summed E-state index contributed by atoms with van der Waals surface area (Å²) in [6.07, 6.45) is 2.61. The van der Waals surface area contributed by atoms with Crippen LogP contribution in [0.15, 0.2) is 27.9 Å². The number of hydrogen-bond donors (Lipinski definition) is 2. The van der Waals surface area contributed by atoms with Crippen molar-refractivity contribution < 1.29 is 0 Å². The zero-order valence-corrected chi connectivity index (χ0v) is 20.9. The molecule has 0 bridgehead atoms. The summed E-state index contributed by atoms with van der Waals surface area (Å²) < 4.78 is 0. The van der Waals surface area contributed by atoms with Crippen molar-refractivity contribution in [1.82, 2.24) is 20.5 Å². The number of nitrogens with zero attached hydrogens (tertiary/aromatic N) is 3. The fourth-order valence-electron chi connectivity index (χ4n) is 3.29. The molecule has 1 saturated heterocycles. The molecule has 0 aromatic carbocycles. The Morgan fingerprint density at radius 1 is 1.25 bits per heavy atom. The van der Waals surface area contributed by atoms with Gasteiger partial charge in [0.2, 0.25) is 0 Å². The lowest BCUT2D eigenvalue weighted by Gasteiger charge is -2.27. The Hall–Kier alpha value is -0.710. The van der Waals surface area contributed by atoms with Crippen molar-refractivity contribution in [3.05, 3.63) is 38.5 Å². The molecule has 0 amide bonds. The van der Waals surface area contributed by atoms with E-state index >= 15 is 0 Å². The summed E-state index contributed by atoms with van der Waals surface area (Å²) in [5.41, 5.74) is 1.16. The zero-order chi connectivity index (χ0) is 19.1. The van der Waals surface area contributed by atoms with Crippen LogP contribution in [0.25, 0.3) is 0 Å². The van der Waals surface area contributed by atoms with Crippen molar-refractivity contribution in [1.29, 1.82) is 0 Å². The molecule has 1 aliphatic rings. The van der Waals surface area contributed by atoms with Gasteiger partial charge >= 0.3 is 0 Å². The van der Waals surface area contributed by atoms with Gasteiger partial charge in [-0.3, -0.25) is 4.90 Å². The van der Waals surface area contributed by atoms with Crippen LogP contribution in [0.1, 0.15) is 61.2 Å². The van der Waals surface area contributed by atoms with E-state index in [0.717, 1.165) is 29.8 Å². The van der Waals surface area contributed by atoms with Crippen LogP contribution in [0, 0.1) is 0 Å². The van der Waals surface area contributed by atoms with Gasteiger partial charge in [-0.25, -0.2) is 9.98 Å². The van der Waals surface area contributed by atoms with Gasteiger partial charge in [0.15, 0.2) is 5.96 Å². The second kappa shape index (κ2) is 12.1. The van der Waals surface area contributed by atoms with E-state index in [9.17, 15) is 0 Å². The summed E-state index contributed by atoms with van der Waals surface area (Å²) in [6, 6.07) is 4.82. The van der Waals surface area contributed by atoms with Gasteiger partial charge < -0.3 is 10.6 Å². The number of thiophene rings is 1. The Kier molecular flexibility index (Phi) is 10.2. The number of hydrogen-bond acceptors (Lipinski definition) is 5. The molecular formula is C20H32IN5S2. The Morgan fingerprint density at radius 3 is 2.64 bits per heavy atom. The van der Waals surface area contributed by atoms with Crippen molar-refractivity contribution in [3.8, 4) is 0 Å². The van der Waals surface area contributed by atoms with E-state index in [1.165, 1.54) is 30.8 Å². The number of halogens is 1. The number of rotatable bonds is 8. The monoisotopic (exact) mass is 533 g/mol. The average Bonchev–Trinajstić information content (AvgIpc) is 3.42. The molecule has 3 heterocycles. The van der Waals surface area contributed by atoms with Crippen LogP contribution in [0.4, 0.5) is 0 Å². The van der Waals surface area contributed by atoms with Crippen molar-refractivity contribution in [3.63, 3.8) is 0 Å². The van der Waals surface area contributed by atoms with Gasteiger partial charge in [-0.1, -0.05) is 19.9 Å². The second-order valence-electron chi connectivity index (χ2n) is 7.17. The lowest BCUT2D eigenvalue weighted by Crippen LogP contribution is -2.42. The van der Waals surface area contributed by atoms with Gasteiger partial charge in [0.25, 0.3) is 0 Å². The minimum absolute atomic E-state index is 0. The molecule has 1 fully saturated rings. The first-order chi connectivity index (χ1) is 13.2. The average molecular weight is 534 g/mol. The minimum Gasteiger partial charge on any atom is -0.357 e. The summed E-state index contributed by atoms with van der Waals surface area (Å²) >= 11 is 3.55. The largest absolute Gasteiger partial charge is 0.357 e. The lowest BCUT2D eigenvalue weighted by atomic mass is 10.2. The van der Waals surface area contributed by atoms with E-state index in [-0.39, 0.29) is 24.0 Å². The Labute approximate surface area is 194 Å². The van der Waals surface area contributed by atoms with E-state index in [1.54, 1.807) is 11.3 Å². The molecule has 0 aliphatic carbocycles. The summed E-state index contributed by atoms with van der Waals surface area (Å²) in [5, 5.41) is 12.3. The number of thiazole rings is 1. The maximum Gasteiger partial charge on any atom is 0.191 e. The molecule has 0 radical (unpaired) electrons. The van der Waals surface area contributed by atoms with E-state index in [4.69, 9.17) is 9.98 Å². The molecular weight excluding hydrogens is 501 g/mol. The highest BCUT2D eigenvalue weighted by Crippen LogP contribution is 2.27. The number of guanidine groups is 1. The van der Waals surface area contributed by atoms with E-state index in [0.29, 0.717) is 18.5 Å². The highest BCUT2D eigenvalue weighted by atomic mass is 127. The fraction of sp³-hybridized carbons (Fsp3) is 0.600. The third-order valence-corrected chi connectivity index (χ3v) is 6.62. The summed E-state index contributed by atoms with van der Waals surface area (Å²) in [7, 11) is 0. The Bertz CT molecular complexity index is 708. The number of nitrogens with one attached hydrogen (secondary N) is 2. The van der Waals surface area contributed by atoms with Gasteiger partial charge in [0.1, 0.15) is 5.01 Å². The number of likely N-dealkylation sites (tertiary alicyclic amines) is 1. The predicted octanol–water partition coefficient (Wildman–Crippen LogP) is 4.84. The smallest absolute Gasteiger partial charge is 0.191 e. The highest BCUT2D eigenvalue weighted by Gasteiger charge is 2.24. The highest BCUT2D eigenvalue weighted by molar-refractivity contribution is 14.0. The van der Waals surface area contributed by atoms with Gasteiger partial charge in [-0.15, -0.1) is 46.7 Å². The summed E-state index contributed by atoms with van der Waals surface area (Å²) in [4.78, 5) is 13.5. The van der Waals surface area contributed by atoms with Crippen molar-refractivity contribution >= 4 is 52.6 Å². The SMILES string of the molecule is CCNC(=NCc1nc(C(C)C)cs1)NCC(c1cccs1)N1CCCC1.I. The van der Waals surface area contributed by atoms with Gasteiger partial charge in [-0.2, -0.15) is 0 Å². The van der Waals surface area contributed by atoms with Crippen LogP contribution in [-0.4, -0.2) is 42.0 Å². The first-order valence-corrected chi connectivity index (χ1v) is 11.7. The van der Waals surface area contributed by atoms with Crippen LogP contribution >= 0.6 is 46.7 Å². The summed E-state index contributed by atoms with van der Waals surface area (Å²) in [5.74, 6) is 1.34. The normalized spacial score (nSPS) is 16.2. The molecule has 1 atom stereocenters. The third kappa shape index (κ3) is 6.67. The molecule has 1 aliphatic heterocycles. The predicted molar refractivity (Wildman–Crippen MR) is 132 cm³/mol. The molecule has 3 rings (SSSR count). The van der Waals surface area contributed by atoms with Crippen molar-refractivity contribution in [2.45, 2.75) is 52.1 Å². The standard InChI is InChI=1S/C20H31N5S2.HI/c1-4-21-20(23-13-19-24-16(14-27-19)15(2)3)22-12-17(18-8-7-11-26-18)25-9-5-6-10-25;/h7-8,11,14-15,17H,4-6,9-10,12-13H2,1-3H3,(H2,21,22,23);1H. The van der Waals surface area contributed by atoms with Crippen molar-refractivity contribution in [2.24, 2.45) is 4.99 Å². The minimum atomic E-state index is 0. The molecule has 156 valence electrons. The van der Waals surface area contributed by atoms with Crippen LogP contribution in [0.3, 0.4) is 0 Å². The molecule has 2 aromatic heterocycles. The van der Waals surface area contributed by atoms with E-state index in [1.807, 2.05) is 11.3 Å². The molecule has 28 heavy (non-hydrogen) atoms. The maximum absolute atomic E-state index is 4.76. The molecule has 5 nitrogen and oxygen atoms in total. The van der Waals surface area contributed by atoms with E-state index in [2.05, 4.69) is 59.2 Å².